The minimum atomic E-state index is 0.250. The molecule has 2 saturated carbocycles. The number of rotatable bonds is 3. The lowest BCUT2D eigenvalue weighted by Crippen LogP contribution is -2.41. The molecule has 19 heavy (non-hydrogen) atoms. The highest BCUT2D eigenvalue weighted by Crippen LogP contribution is 2.27. The molecule has 0 aliphatic heterocycles. The van der Waals surface area contributed by atoms with Crippen LogP contribution in [0.4, 0.5) is 0 Å². The predicted molar refractivity (Wildman–Crippen MR) is 78.8 cm³/mol. The molecule has 2 aliphatic carbocycles. The Morgan fingerprint density at radius 3 is 2.21 bits per heavy atom. The summed E-state index contributed by atoms with van der Waals surface area (Å²) in [6, 6.07) is 0.732. The molecule has 0 aromatic carbocycles. The Hall–Kier alpha value is -0.570. The zero-order valence-electron chi connectivity index (χ0n) is 12.4. The SMILES string of the molecule is CN(C(=O)CC1CCCCC1N)C1CCCCCC1. The predicted octanol–water partition coefficient (Wildman–Crippen LogP) is 3.08. The molecule has 3 nitrogen and oxygen atoms in total. The van der Waals surface area contributed by atoms with Crippen LogP contribution in [0.25, 0.3) is 0 Å². The quantitative estimate of drug-likeness (QED) is 0.798. The van der Waals surface area contributed by atoms with Crippen molar-refractivity contribution in [3.63, 3.8) is 0 Å². The standard InChI is InChI=1S/C16H30N2O/c1-18(14-9-4-2-3-5-10-14)16(19)12-13-8-6-7-11-15(13)17/h13-15H,2-12,17H2,1H3. The molecular weight excluding hydrogens is 236 g/mol. The number of nitrogens with two attached hydrogens (primary N) is 1. The number of hydrogen-bond acceptors (Lipinski definition) is 2. The first kappa shape index (κ1) is 14.8. The second kappa shape index (κ2) is 7.28. The Morgan fingerprint density at radius 1 is 1.00 bits per heavy atom. The summed E-state index contributed by atoms with van der Waals surface area (Å²) in [5.74, 6) is 0.753. The van der Waals surface area contributed by atoms with Gasteiger partial charge < -0.3 is 10.6 Å². The van der Waals surface area contributed by atoms with Gasteiger partial charge in [-0.25, -0.2) is 0 Å². The van der Waals surface area contributed by atoms with Gasteiger partial charge in [0.05, 0.1) is 0 Å². The van der Waals surface area contributed by atoms with Crippen LogP contribution in [-0.4, -0.2) is 29.9 Å². The molecule has 2 aliphatic rings. The molecular formula is C16H30N2O. The maximum Gasteiger partial charge on any atom is 0.222 e. The highest BCUT2D eigenvalue weighted by molar-refractivity contribution is 5.76. The maximum absolute atomic E-state index is 12.4. The van der Waals surface area contributed by atoms with Gasteiger partial charge in [0, 0.05) is 25.6 Å². The van der Waals surface area contributed by atoms with Gasteiger partial charge in [0.1, 0.15) is 0 Å². The molecule has 0 spiro atoms. The summed E-state index contributed by atoms with van der Waals surface area (Å²) in [6.45, 7) is 0. The molecule has 0 radical (unpaired) electrons. The fourth-order valence-corrected chi connectivity index (χ4v) is 3.71. The summed E-state index contributed by atoms with van der Waals surface area (Å²) in [5, 5.41) is 0. The summed E-state index contributed by atoms with van der Waals surface area (Å²) in [5.41, 5.74) is 6.16. The third-order valence-corrected chi connectivity index (χ3v) is 5.17. The topological polar surface area (TPSA) is 46.3 Å². The molecule has 110 valence electrons. The average Bonchev–Trinajstić information content (AvgIpc) is 2.69. The first-order valence-electron chi connectivity index (χ1n) is 8.19. The molecule has 2 unspecified atom stereocenters. The summed E-state index contributed by atoms with van der Waals surface area (Å²) >= 11 is 0. The Balaban J connectivity index is 1.83. The normalized spacial score (nSPS) is 29.8. The molecule has 1 amide bonds. The third-order valence-electron chi connectivity index (χ3n) is 5.17. The van der Waals surface area contributed by atoms with Crippen molar-refractivity contribution in [1.82, 2.24) is 4.90 Å². The van der Waals surface area contributed by atoms with E-state index in [4.69, 9.17) is 5.73 Å². The maximum atomic E-state index is 12.4. The first-order chi connectivity index (χ1) is 9.18. The van der Waals surface area contributed by atoms with E-state index in [1.165, 1.54) is 51.4 Å². The van der Waals surface area contributed by atoms with E-state index in [9.17, 15) is 4.79 Å². The third kappa shape index (κ3) is 4.20. The molecule has 0 bridgehead atoms. The number of hydrogen-bond donors (Lipinski definition) is 1. The lowest BCUT2D eigenvalue weighted by atomic mass is 9.82. The van der Waals surface area contributed by atoms with E-state index >= 15 is 0 Å². The molecule has 2 atom stereocenters. The Bertz CT molecular complexity index is 284. The van der Waals surface area contributed by atoms with Crippen LogP contribution < -0.4 is 5.73 Å². The largest absolute Gasteiger partial charge is 0.343 e. The molecule has 0 aromatic rings. The number of nitrogens with zero attached hydrogens (tertiary/aromatic N) is 1. The highest BCUT2D eigenvalue weighted by Gasteiger charge is 2.27. The zero-order valence-corrected chi connectivity index (χ0v) is 12.4. The lowest BCUT2D eigenvalue weighted by Gasteiger charge is -2.32. The Labute approximate surface area is 117 Å². The number of carbonyl (C=O) groups is 1. The van der Waals surface area contributed by atoms with Gasteiger partial charge in [0.2, 0.25) is 5.91 Å². The molecule has 0 heterocycles. The van der Waals surface area contributed by atoms with Crippen LogP contribution >= 0.6 is 0 Å². The van der Waals surface area contributed by atoms with Gasteiger partial charge >= 0.3 is 0 Å². The van der Waals surface area contributed by atoms with Gasteiger partial charge in [0.25, 0.3) is 0 Å². The van der Waals surface area contributed by atoms with E-state index in [1.807, 2.05) is 11.9 Å². The van der Waals surface area contributed by atoms with Crippen molar-refractivity contribution in [2.75, 3.05) is 7.05 Å². The lowest BCUT2D eigenvalue weighted by molar-refractivity contribution is -0.133. The fraction of sp³-hybridized carbons (Fsp3) is 0.938. The smallest absolute Gasteiger partial charge is 0.222 e. The molecule has 3 heteroatoms. The minimum Gasteiger partial charge on any atom is -0.343 e. The van der Waals surface area contributed by atoms with Crippen molar-refractivity contribution in [3.8, 4) is 0 Å². The van der Waals surface area contributed by atoms with Crippen molar-refractivity contribution in [2.45, 2.75) is 82.7 Å². The fourth-order valence-electron chi connectivity index (χ4n) is 3.71. The minimum absolute atomic E-state index is 0.250. The molecule has 2 rings (SSSR count). The van der Waals surface area contributed by atoms with Gasteiger partial charge in [-0.3, -0.25) is 4.79 Å². The Kier molecular flexibility index (Phi) is 5.68. The van der Waals surface area contributed by atoms with Gasteiger partial charge in [0.15, 0.2) is 0 Å². The van der Waals surface area contributed by atoms with Gasteiger partial charge in [-0.05, 0) is 31.6 Å². The van der Waals surface area contributed by atoms with Crippen LogP contribution in [0.2, 0.25) is 0 Å². The number of amides is 1. The second-order valence-corrected chi connectivity index (χ2v) is 6.56. The van der Waals surface area contributed by atoms with Crippen LogP contribution in [0.5, 0.6) is 0 Å². The van der Waals surface area contributed by atoms with Gasteiger partial charge in [-0.1, -0.05) is 38.5 Å². The zero-order chi connectivity index (χ0) is 13.7. The molecule has 2 fully saturated rings. The molecule has 0 saturated heterocycles. The van der Waals surface area contributed by atoms with E-state index in [-0.39, 0.29) is 6.04 Å². The van der Waals surface area contributed by atoms with Gasteiger partial charge in [-0.15, -0.1) is 0 Å². The van der Waals surface area contributed by atoms with Crippen molar-refractivity contribution >= 4 is 5.91 Å². The van der Waals surface area contributed by atoms with Crippen LogP contribution in [0.15, 0.2) is 0 Å². The van der Waals surface area contributed by atoms with Crippen molar-refractivity contribution < 1.29 is 4.79 Å². The van der Waals surface area contributed by atoms with Crippen LogP contribution in [0.3, 0.4) is 0 Å². The van der Waals surface area contributed by atoms with Crippen LogP contribution in [0.1, 0.15) is 70.6 Å². The summed E-state index contributed by atoms with van der Waals surface area (Å²) in [6.07, 6.45) is 13.0. The highest BCUT2D eigenvalue weighted by atomic mass is 16.2. The summed E-state index contributed by atoms with van der Waals surface area (Å²) in [4.78, 5) is 14.5. The second-order valence-electron chi connectivity index (χ2n) is 6.56. The van der Waals surface area contributed by atoms with E-state index in [2.05, 4.69) is 0 Å². The average molecular weight is 266 g/mol. The van der Waals surface area contributed by atoms with Crippen LogP contribution in [-0.2, 0) is 4.79 Å². The van der Waals surface area contributed by atoms with Crippen molar-refractivity contribution in [2.24, 2.45) is 11.7 Å². The first-order valence-corrected chi connectivity index (χ1v) is 8.19. The van der Waals surface area contributed by atoms with Crippen LogP contribution in [0, 0.1) is 5.92 Å². The van der Waals surface area contributed by atoms with E-state index in [0.29, 0.717) is 24.3 Å². The Morgan fingerprint density at radius 2 is 1.58 bits per heavy atom. The monoisotopic (exact) mass is 266 g/mol. The van der Waals surface area contributed by atoms with Crippen molar-refractivity contribution in [3.05, 3.63) is 0 Å². The van der Waals surface area contributed by atoms with Gasteiger partial charge in [-0.2, -0.15) is 0 Å². The number of carbonyl (C=O) groups excluding carboxylic acids is 1. The van der Waals surface area contributed by atoms with E-state index in [1.54, 1.807) is 0 Å². The van der Waals surface area contributed by atoms with E-state index in [0.717, 1.165) is 12.8 Å². The van der Waals surface area contributed by atoms with Crippen molar-refractivity contribution in [1.29, 1.82) is 0 Å². The summed E-state index contributed by atoms with van der Waals surface area (Å²) < 4.78 is 0. The van der Waals surface area contributed by atoms with E-state index < -0.39 is 0 Å². The molecule has 0 aromatic heterocycles. The molecule has 2 N–H and O–H groups in total. The summed E-state index contributed by atoms with van der Waals surface area (Å²) in [7, 11) is 2.01.